The Hall–Kier alpha value is -3.77. The summed E-state index contributed by atoms with van der Waals surface area (Å²) in [5, 5.41) is 19.0. The number of alkyl halides is 3. The van der Waals surface area contributed by atoms with Crippen molar-refractivity contribution in [3.05, 3.63) is 12.2 Å². The molecule has 1 rings (SSSR count). The molecule has 15 nitrogen and oxygen atoms in total. The number of carboxylic acid groups (broad SMARTS) is 1. The van der Waals surface area contributed by atoms with Crippen LogP contribution < -0.4 is 32.1 Å². The minimum Gasteiger partial charge on any atom is -0.542 e. The van der Waals surface area contributed by atoms with Gasteiger partial charge < -0.3 is 51.1 Å². The van der Waals surface area contributed by atoms with E-state index in [9.17, 15) is 37.1 Å². The molecule has 0 bridgehead atoms. The lowest BCUT2D eigenvalue weighted by Crippen LogP contribution is -2.72. The minimum atomic E-state index is -5.19. The van der Waals surface area contributed by atoms with E-state index < -0.39 is 65.4 Å². The van der Waals surface area contributed by atoms with Crippen molar-refractivity contribution in [2.75, 3.05) is 40.1 Å². The molecular weight excluding hydrogens is 575 g/mol. The maximum Gasteiger partial charge on any atom is 0.430 e. The van der Waals surface area contributed by atoms with Crippen molar-refractivity contribution in [3.8, 4) is 0 Å². The first-order valence-corrected chi connectivity index (χ1v) is 12.5. The van der Waals surface area contributed by atoms with E-state index in [4.69, 9.17) is 19.4 Å². The summed E-state index contributed by atoms with van der Waals surface area (Å²) in [5.74, 6) is -6.38. The lowest BCUT2D eigenvalue weighted by molar-refractivity contribution is -0.410. The Bertz CT molecular complexity index is 988. The molecule has 1 aliphatic rings. The van der Waals surface area contributed by atoms with Crippen LogP contribution in [0.3, 0.4) is 0 Å². The quantitative estimate of drug-likeness (QED) is 0.154. The fraction of sp³-hybridized carbons (Fsp3) is 0.667. The van der Waals surface area contributed by atoms with E-state index in [0.717, 1.165) is 0 Å². The van der Waals surface area contributed by atoms with Gasteiger partial charge in [0, 0.05) is 0 Å². The Morgan fingerprint density at radius 2 is 1.62 bits per heavy atom. The number of amides is 4. The zero-order chi connectivity index (χ0) is 32.7. The molecule has 0 unspecified atom stereocenters. The van der Waals surface area contributed by atoms with Gasteiger partial charge >= 0.3 is 12.1 Å². The maximum atomic E-state index is 13.1. The number of carbonyl (C=O) groups excluding carboxylic acids is 6. The fourth-order valence-electron chi connectivity index (χ4n) is 2.87. The van der Waals surface area contributed by atoms with Crippen molar-refractivity contribution in [2.24, 2.45) is 5.92 Å². The first-order valence-electron chi connectivity index (χ1n) is 12.5. The first kappa shape index (κ1) is 38.2. The summed E-state index contributed by atoms with van der Waals surface area (Å²) in [5.41, 5.74) is 2.41. The van der Waals surface area contributed by atoms with Gasteiger partial charge in [-0.25, -0.2) is 0 Å². The predicted octanol–water partition coefficient (Wildman–Crippen LogP) is -3.69. The lowest BCUT2D eigenvalue weighted by atomic mass is 9.98. The number of hydrogen-bond donors (Lipinski definition) is 5. The number of quaternary nitrogens is 1. The lowest BCUT2D eigenvalue weighted by Gasteiger charge is -2.30. The molecule has 42 heavy (non-hydrogen) atoms. The van der Waals surface area contributed by atoms with Gasteiger partial charge in [0.25, 0.3) is 5.91 Å². The monoisotopic (exact) mass is 613 g/mol. The number of carbonyl (C=O) groups is 6. The molecule has 0 fully saturated rings. The zero-order valence-electron chi connectivity index (χ0n) is 23.9. The van der Waals surface area contributed by atoms with Gasteiger partial charge in [-0.1, -0.05) is 26.0 Å². The molecule has 0 saturated carbocycles. The number of aliphatic carboxylic acids is 1. The molecule has 1 heterocycles. The molecule has 0 spiro atoms. The normalized spacial score (nSPS) is 23.4. The van der Waals surface area contributed by atoms with Crippen molar-refractivity contribution in [3.63, 3.8) is 0 Å². The van der Waals surface area contributed by atoms with Crippen LogP contribution in [0.5, 0.6) is 0 Å². The molecule has 0 radical (unpaired) electrons. The SMILES string of the molecule is COC(=O)CNC(=O)[C@@H]1COC/C=C\COC[C@H]([NH3+])C(=O)NC(C)(C)C(=O)N[C@@H](C(C)C)C(=O)N1.O=C([O-])C(F)(F)F. The largest absolute Gasteiger partial charge is 0.542 e. The molecule has 0 aromatic rings. The smallest absolute Gasteiger partial charge is 0.430 e. The van der Waals surface area contributed by atoms with E-state index in [1.807, 2.05) is 0 Å². The number of esters is 1. The van der Waals surface area contributed by atoms with E-state index in [2.05, 4.69) is 31.7 Å². The summed E-state index contributed by atoms with van der Waals surface area (Å²) >= 11 is 0. The second-order valence-corrected chi connectivity index (χ2v) is 9.69. The van der Waals surface area contributed by atoms with Gasteiger partial charge in [-0.05, 0) is 19.8 Å². The Balaban J connectivity index is 0.00000212. The van der Waals surface area contributed by atoms with Crippen LogP contribution in [0.15, 0.2) is 12.2 Å². The van der Waals surface area contributed by atoms with Crippen LogP contribution in [0.4, 0.5) is 13.2 Å². The molecule has 0 aromatic carbocycles. The predicted molar refractivity (Wildman–Crippen MR) is 134 cm³/mol. The zero-order valence-corrected chi connectivity index (χ0v) is 23.9. The summed E-state index contributed by atoms with van der Waals surface area (Å²) < 4.78 is 47.0. The molecule has 1 aliphatic heterocycles. The second-order valence-electron chi connectivity index (χ2n) is 9.69. The third kappa shape index (κ3) is 14.7. The highest BCUT2D eigenvalue weighted by Crippen LogP contribution is 2.11. The maximum absolute atomic E-state index is 13.1. The third-order valence-electron chi connectivity index (χ3n) is 5.31. The summed E-state index contributed by atoms with van der Waals surface area (Å²) in [6.07, 6.45) is -1.86. The van der Waals surface area contributed by atoms with Crippen LogP contribution in [0.25, 0.3) is 0 Å². The Morgan fingerprint density at radius 1 is 1.10 bits per heavy atom. The van der Waals surface area contributed by atoms with Crippen LogP contribution >= 0.6 is 0 Å². The Labute approximate surface area is 240 Å². The van der Waals surface area contributed by atoms with Gasteiger partial charge in [-0.2, -0.15) is 13.2 Å². The Morgan fingerprint density at radius 3 is 2.10 bits per heavy atom. The van der Waals surface area contributed by atoms with E-state index in [-0.39, 0.29) is 38.9 Å². The van der Waals surface area contributed by atoms with Gasteiger partial charge in [0.1, 0.15) is 36.7 Å². The van der Waals surface area contributed by atoms with E-state index >= 15 is 0 Å². The number of ether oxygens (including phenoxy) is 3. The van der Waals surface area contributed by atoms with Gasteiger partial charge in [0.2, 0.25) is 17.7 Å². The highest BCUT2D eigenvalue weighted by atomic mass is 19.4. The van der Waals surface area contributed by atoms with E-state index in [1.54, 1.807) is 26.0 Å². The van der Waals surface area contributed by atoms with Crippen LogP contribution in [0, 0.1) is 5.92 Å². The number of halogens is 3. The highest BCUT2D eigenvalue weighted by molar-refractivity contribution is 5.96. The van der Waals surface area contributed by atoms with Crippen LogP contribution in [0.2, 0.25) is 0 Å². The number of methoxy groups -OCH3 is 1. The van der Waals surface area contributed by atoms with Crippen molar-refractivity contribution >= 4 is 35.6 Å². The van der Waals surface area contributed by atoms with Crippen molar-refractivity contribution < 1.29 is 67.0 Å². The second kappa shape index (κ2) is 17.9. The number of rotatable bonds is 4. The molecule has 3 atom stereocenters. The van der Waals surface area contributed by atoms with Crippen molar-refractivity contribution in [1.29, 1.82) is 0 Å². The van der Waals surface area contributed by atoms with E-state index in [1.165, 1.54) is 21.0 Å². The minimum absolute atomic E-state index is 0.0359. The Kier molecular flexibility index (Phi) is 16.3. The number of carboxylic acids is 1. The van der Waals surface area contributed by atoms with Crippen LogP contribution in [-0.2, 0) is 43.0 Å². The molecule has 240 valence electrons. The molecule has 4 amide bonds. The van der Waals surface area contributed by atoms with E-state index in [0.29, 0.717) is 0 Å². The molecule has 0 saturated heterocycles. The average molecular weight is 614 g/mol. The number of nitrogens with one attached hydrogen (secondary N) is 4. The number of hydrogen-bond acceptors (Lipinski definition) is 10. The highest BCUT2D eigenvalue weighted by Gasteiger charge is 2.36. The summed E-state index contributed by atoms with van der Waals surface area (Å²) in [6, 6.07) is -2.92. The molecular formula is C24H38F3N5O10. The summed E-state index contributed by atoms with van der Waals surface area (Å²) in [6.45, 7) is 6.22. The summed E-state index contributed by atoms with van der Waals surface area (Å²) in [7, 11) is 1.18. The van der Waals surface area contributed by atoms with Crippen molar-refractivity contribution in [2.45, 2.75) is 57.5 Å². The van der Waals surface area contributed by atoms with Crippen LogP contribution in [0.1, 0.15) is 27.7 Å². The van der Waals surface area contributed by atoms with Gasteiger partial charge in [0.05, 0.1) is 26.9 Å². The van der Waals surface area contributed by atoms with Crippen LogP contribution in [-0.4, -0.2) is 105 Å². The third-order valence-corrected chi connectivity index (χ3v) is 5.31. The fourth-order valence-corrected chi connectivity index (χ4v) is 2.87. The topological polar surface area (TPSA) is 229 Å². The van der Waals surface area contributed by atoms with Gasteiger partial charge in [-0.15, -0.1) is 0 Å². The molecule has 7 N–H and O–H groups in total. The summed E-state index contributed by atoms with van der Waals surface area (Å²) in [4.78, 5) is 71.2. The standard InChI is InChI=1S/C22H37N5O8.C2HF3O2/c1-13(2)17-20(31)25-15(19(30)24-10-16(28)33-5)12-35-9-7-6-8-34-11-14(23)18(29)27-22(3,4)21(32)26-17;3-2(4,5)1(6)7/h6-7,13-15,17H,8-12,23H2,1-5H3,(H,24,30)(H,25,31)(H,26,32)(H,27,29);(H,6,7)/b7-6-;/t14-,15-,17-;/m0./s1. The molecule has 0 aromatic heterocycles. The molecule has 18 heteroatoms. The van der Waals surface area contributed by atoms with Gasteiger partial charge in [0.15, 0.2) is 6.04 Å². The van der Waals surface area contributed by atoms with Gasteiger partial charge in [-0.3, -0.25) is 24.0 Å². The molecule has 0 aliphatic carbocycles. The van der Waals surface area contributed by atoms with Crippen molar-refractivity contribution in [1.82, 2.24) is 21.3 Å². The average Bonchev–Trinajstić information content (AvgIpc) is 2.89. The first-order chi connectivity index (χ1) is 19.3.